The van der Waals surface area contributed by atoms with Crippen LogP contribution in [0.1, 0.15) is 0 Å². The summed E-state index contributed by atoms with van der Waals surface area (Å²) in [7, 11) is 0. The zero-order valence-electron chi connectivity index (χ0n) is 16.7. The average Bonchev–Trinajstić information content (AvgIpc) is 2.85. The highest BCUT2D eigenvalue weighted by Crippen LogP contribution is 2.32. The molecule has 148 valence electrons. The fourth-order valence-corrected chi connectivity index (χ4v) is 3.86. The van der Waals surface area contributed by atoms with Crippen molar-refractivity contribution in [2.24, 2.45) is 0 Å². The van der Waals surface area contributed by atoms with Gasteiger partial charge in [0, 0.05) is 27.3 Å². The number of rotatable bonds is 4. The van der Waals surface area contributed by atoms with Crippen molar-refractivity contribution in [2.75, 3.05) is 0 Å². The van der Waals surface area contributed by atoms with Crippen molar-refractivity contribution in [1.82, 2.24) is 9.97 Å². The number of halogens is 1. The van der Waals surface area contributed by atoms with Crippen LogP contribution in [0.3, 0.4) is 0 Å². The quantitative estimate of drug-likeness (QED) is 0.297. The van der Waals surface area contributed by atoms with Crippen LogP contribution in [-0.2, 0) is 0 Å². The van der Waals surface area contributed by atoms with Crippen LogP contribution in [0, 0.1) is 0 Å². The summed E-state index contributed by atoms with van der Waals surface area (Å²) in [4.78, 5) is 9.83. The Morgan fingerprint density at radius 2 is 0.968 bits per heavy atom. The molecule has 0 atom stereocenters. The van der Waals surface area contributed by atoms with E-state index in [1.165, 1.54) is 0 Å². The summed E-state index contributed by atoms with van der Waals surface area (Å²) in [5.41, 5.74) is 6.90. The first-order valence-electron chi connectivity index (χ1n) is 10.1. The van der Waals surface area contributed by atoms with Crippen LogP contribution in [0.4, 0.5) is 0 Å². The maximum atomic E-state index is 6.44. The second kappa shape index (κ2) is 8.55. The van der Waals surface area contributed by atoms with Crippen molar-refractivity contribution in [3.8, 4) is 45.0 Å². The Morgan fingerprint density at radius 3 is 1.58 bits per heavy atom. The molecule has 0 unspecified atom stereocenters. The monoisotopic (exact) mass is 418 g/mol. The van der Waals surface area contributed by atoms with Gasteiger partial charge in [0.25, 0.3) is 0 Å². The molecule has 31 heavy (non-hydrogen) atoms. The Morgan fingerprint density at radius 1 is 0.452 bits per heavy atom. The molecular formula is C28H19ClN2. The van der Waals surface area contributed by atoms with Gasteiger partial charge in [-0.1, -0.05) is 109 Å². The lowest BCUT2D eigenvalue weighted by Gasteiger charge is -2.11. The molecule has 0 N–H and O–H groups in total. The van der Waals surface area contributed by atoms with E-state index >= 15 is 0 Å². The zero-order valence-corrected chi connectivity index (χ0v) is 17.5. The molecule has 4 aromatic carbocycles. The number of hydrogen-bond donors (Lipinski definition) is 0. The predicted molar refractivity (Wildman–Crippen MR) is 129 cm³/mol. The van der Waals surface area contributed by atoms with Gasteiger partial charge in [-0.15, -0.1) is 0 Å². The van der Waals surface area contributed by atoms with Crippen LogP contribution in [0.2, 0.25) is 5.02 Å². The second-order valence-corrected chi connectivity index (χ2v) is 7.66. The fraction of sp³-hybridized carbons (Fsp3) is 0. The van der Waals surface area contributed by atoms with Gasteiger partial charge in [0.15, 0.2) is 5.82 Å². The van der Waals surface area contributed by atoms with Gasteiger partial charge < -0.3 is 0 Å². The molecule has 0 aliphatic heterocycles. The molecule has 0 saturated heterocycles. The molecule has 0 spiro atoms. The van der Waals surface area contributed by atoms with E-state index < -0.39 is 0 Å². The Balaban J connectivity index is 1.67. The zero-order chi connectivity index (χ0) is 21.0. The molecule has 0 bridgehead atoms. The van der Waals surface area contributed by atoms with Crippen molar-refractivity contribution in [2.45, 2.75) is 0 Å². The summed E-state index contributed by atoms with van der Waals surface area (Å²) in [6.07, 6.45) is 0. The molecule has 5 rings (SSSR count). The first-order chi connectivity index (χ1) is 15.3. The summed E-state index contributed by atoms with van der Waals surface area (Å²) in [6, 6.07) is 38.5. The predicted octanol–water partition coefficient (Wildman–Crippen LogP) is 7.80. The van der Waals surface area contributed by atoms with Crippen molar-refractivity contribution in [3.05, 3.63) is 120 Å². The van der Waals surface area contributed by atoms with Crippen molar-refractivity contribution < 1.29 is 0 Å². The van der Waals surface area contributed by atoms with E-state index in [1.54, 1.807) is 0 Å². The van der Waals surface area contributed by atoms with Crippen LogP contribution in [-0.4, -0.2) is 9.97 Å². The molecular weight excluding hydrogens is 400 g/mol. The number of nitrogens with zero attached hydrogens (tertiary/aromatic N) is 2. The fourth-order valence-electron chi connectivity index (χ4n) is 3.61. The minimum absolute atomic E-state index is 0.689. The first kappa shape index (κ1) is 19.2. The largest absolute Gasteiger partial charge is 0.228 e. The molecule has 0 radical (unpaired) electrons. The van der Waals surface area contributed by atoms with Gasteiger partial charge in [-0.05, 0) is 23.8 Å². The maximum Gasteiger partial charge on any atom is 0.160 e. The Labute approximate surface area is 186 Å². The minimum Gasteiger partial charge on any atom is -0.228 e. The third-order valence-electron chi connectivity index (χ3n) is 5.17. The lowest BCUT2D eigenvalue weighted by molar-refractivity contribution is 1.18. The molecule has 0 saturated carbocycles. The van der Waals surface area contributed by atoms with Gasteiger partial charge in [-0.25, -0.2) is 9.97 Å². The molecule has 5 aromatic rings. The van der Waals surface area contributed by atoms with E-state index in [2.05, 4.69) is 36.4 Å². The standard InChI is InChI=1S/C28H19ClN2/c29-25-17-8-7-16-24(25)22-14-9-15-23(18-22)28-30-26(20-10-3-1-4-11-20)19-27(31-28)21-12-5-2-6-13-21/h1-19H. The normalized spacial score (nSPS) is 10.7. The third-order valence-corrected chi connectivity index (χ3v) is 5.50. The second-order valence-electron chi connectivity index (χ2n) is 7.25. The summed E-state index contributed by atoms with van der Waals surface area (Å²) in [5.74, 6) is 0.689. The lowest BCUT2D eigenvalue weighted by atomic mass is 10.0. The number of aromatic nitrogens is 2. The minimum atomic E-state index is 0.689. The first-order valence-corrected chi connectivity index (χ1v) is 10.5. The van der Waals surface area contributed by atoms with E-state index in [0.717, 1.165) is 44.2 Å². The van der Waals surface area contributed by atoms with E-state index in [9.17, 15) is 0 Å². The smallest absolute Gasteiger partial charge is 0.160 e. The molecule has 0 aliphatic carbocycles. The van der Waals surface area contributed by atoms with E-state index in [1.807, 2.05) is 78.9 Å². The molecule has 0 fully saturated rings. The van der Waals surface area contributed by atoms with Gasteiger partial charge in [-0.2, -0.15) is 0 Å². The molecule has 0 amide bonds. The molecule has 1 aromatic heterocycles. The highest BCUT2D eigenvalue weighted by atomic mass is 35.5. The Kier molecular flexibility index (Phi) is 5.30. The maximum absolute atomic E-state index is 6.44. The van der Waals surface area contributed by atoms with Gasteiger partial charge in [0.05, 0.1) is 11.4 Å². The highest BCUT2D eigenvalue weighted by molar-refractivity contribution is 6.33. The summed E-state index contributed by atoms with van der Waals surface area (Å²) < 4.78 is 0. The Bertz CT molecular complexity index is 1270. The highest BCUT2D eigenvalue weighted by Gasteiger charge is 2.12. The van der Waals surface area contributed by atoms with Gasteiger partial charge in [0.2, 0.25) is 0 Å². The molecule has 2 nitrogen and oxygen atoms in total. The average molecular weight is 419 g/mol. The van der Waals surface area contributed by atoms with Crippen LogP contribution in [0.25, 0.3) is 45.0 Å². The van der Waals surface area contributed by atoms with Gasteiger partial charge in [0.1, 0.15) is 0 Å². The molecule has 0 aliphatic rings. The molecule has 3 heteroatoms. The van der Waals surface area contributed by atoms with Crippen LogP contribution < -0.4 is 0 Å². The summed E-state index contributed by atoms with van der Waals surface area (Å²) in [5, 5.41) is 0.726. The third kappa shape index (κ3) is 4.11. The van der Waals surface area contributed by atoms with E-state index in [-0.39, 0.29) is 0 Å². The number of benzene rings is 4. The van der Waals surface area contributed by atoms with Crippen LogP contribution in [0.15, 0.2) is 115 Å². The summed E-state index contributed by atoms with van der Waals surface area (Å²) >= 11 is 6.44. The topological polar surface area (TPSA) is 25.8 Å². The van der Waals surface area contributed by atoms with E-state index in [4.69, 9.17) is 21.6 Å². The summed E-state index contributed by atoms with van der Waals surface area (Å²) in [6.45, 7) is 0. The van der Waals surface area contributed by atoms with Gasteiger partial charge in [-0.3, -0.25) is 0 Å². The van der Waals surface area contributed by atoms with Gasteiger partial charge >= 0.3 is 0 Å². The van der Waals surface area contributed by atoms with Crippen LogP contribution >= 0.6 is 11.6 Å². The van der Waals surface area contributed by atoms with Crippen molar-refractivity contribution in [1.29, 1.82) is 0 Å². The van der Waals surface area contributed by atoms with Crippen molar-refractivity contribution in [3.63, 3.8) is 0 Å². The van der Waals surface area contributed by atoms with E-state index in [0.29, 0.717) is 5.82 Å². The Hall–Kier alpha value is -3.75. The lowest BCUT2D eigenvalue weighted by Crippen LogP contribution is -1.96. The molecule has 1 heterocycles. The SMILES string of the molecule is Clc1ccccc1-c1cccc(-c2nc(-c3ccccc3)cc(-c3ccccc3)n2)c1. The number of hydrogen-bond acceptors (Lipinski definition) is 2. The van der Waals surface area contributed by atoms with Crippen LogP contribution in [0.5, 0.6) is 0 Å². The van der Waals surface area contributed by atoms with Crippen molar-refractivity contribution >= 4 is 11.6 Å².